The molecule has 1 atom stereocenters. The lowest BCUT2D eigenvalue weighted by molar-refractivity contribution is -0.131. The van der Waals surface area contributed by atoms with Crippen LogP contribution in [0.4, 0.5) is 0 Å². The van der Waals surface area contributed by atoms with Gasteiger partial charge in [-0.3, -0.25) is 4.90 Å². The van der Waals surface area contributed by atoms with Crippen molar-refractivity contribution in [1.29, 1.82) is 0 Å². The molecule has 4 heteroatoms. The third-order valence-electron chi connectivity index (χ3n) is 3.59. The summed E-state index contributed by atoms with van der Waals surface area (Å²) in [7, 11) is 0. The Labute approximate surface area is 128 Å². The van der Waals surface area contributed by atoms with E-state index in [0.717, 1.165) is 44.2 Å². The van der Waals surface area contributed by atoms with E-state index in [-0.39, 0.29) is 11.7 Å². The topological polar surface area (TPSA) is 37.6 Å². The number of hydrogen-bond donors (Lipinski definition) is 1. The lowest BCUT2D eigenvalue weighted by atomic mass is 10.1. The van der Waals surface area contributed by atoms with Gasteiger partial charge >= 0.3 is 0 Å². The Morgan fingerprint density at radius 3 is 2.71 bits per heavy atom. The smallest absolute Gasteiger partial charge is 0.118 e. The maximum atomic E-state index is 5.94. The Morgan fingerprint density at radius 1 is 1.33 bits per heavy atom. The van der Waals surface area contributed by atoms with Crippen molar-refractivity contribution >= 4 is 0 Å². The van der Waals surface area contributed by atoms with Gasteiger partial charge in [0.15, 0.2) is 0 Å². The summed E-state index contributed by atoms with van der Waals surface area (Å²) in [5.41, 5.74) is -0.0775. The zero-order valence-electron chi connectivity index (χ0n) is 14.1. The van der Waals surface area contributed by atoms with E-state index in [2.05, 4.69) is 57.0 Å². The summed E-state index contributed by atoms with van der Waals surface area (Å²) in [4.78, 5) is 2.42. The van der Waals surface area contributed by atoms with Crippen LogP contribution >= 0.6 is 0 Å². The van der Waals surface area contributed by atoms with E-state index < -0.39 is 0 Å². The summed E-state index contributed by atoms with van der Waals surface area (Å²) >= 11 is 0. The fourth-order valence-electron chi connectivity index (χ4n) is 3.01. The predicted molar refractivity (Wildman–Crippen MR) is 85.2 cm³/mol. The molecule has 0 saturated carbocycles. The SMILES string of the molecule is CC(C)CNCc1ccc(CN2CC(C)OC(C)(C)C2)o1. The largest absolute Gasteiger partial charge is 0.463 e. The molecule has 1 aromatic rings. The summed E-state index contributed by atoms with van der Waals surface area (Å²) in [6.07, 6.45) is 0.274. The lowest BCUT2D eigenvalue weighted by Gasteiger charge is -2.41. The molecule has 0 bridgehead atoms. The third-order valence-corrected chi connectivity index (χ3v) is 3.59. The van der Waals surface area contributed by atoms with Gasteiger partial charge in [-0.15, -0.1) is 0 Å². The minimum Gasteiger partial charge on any atom is -0.463 e. The van der Waals surface area contributed by atoms with Crippen molar-refractivity contribution in [1.82, 2.24) is 10.2 Å². The van der Waals surface area contributed by atoms with E-state index in [1.54, 1.807) is 0 Å². The summed E-state index contributed by atoms with van der Waals surface area (Å²) in [5, 5.41) is 3.41. The Balaban J connectivity index is 1.84. The van der Waals surface area contributed by atoms with E-state index in [4.69, 9.17) is 9.15 Å². The van der Waals surface area contributed by atoms with Gasteiger partial charge in [-0.2, -0.15) is 0 Å². The molecule has 4 nitrogen and oxygen atoms in total. The maximum absolute atomic E-state index is 5.94. The molecular weight excluding hydrogens is 264 g/mol. The summed E-state index contributed by atoms with van der Waals surface area (Å²) in [6, 6.07) is 4.18. The lowest BCUT2D eigenvalue weighted by Crippen LogP contribution is -2.51. The predicted octanol–water partition coefficient (Wildman–Crippen LogP) is 3.02. The highest BCUT2D eigenvalue weighted by Gasteiger charge is 2.31. The van der Waals surface area contributed by atoms with Crippen LogP contribution in [0.25, 0.3) is 0 Å². The second-order valence-corrected chi connectivity index (χ2v) is 7.25. The maximum Gasteiger partial charge on any atom is 0.118 e. The van der Waals surface area contributed by atoms with Crippen molar-refractivity contribution in [3.63, 3.8) is 0 Å². The molecule has 1 unspecified atom stereocenters. The van der Waals surface area contributed by atoms with Crippen LogP contribution in [-0.2, 0) is 17.8 Å². The highest BCUT2D eigenvalue weighted by molar-refractivity contribution is 5.07. The Bertz CT molecular complexity index is 440. The molecule has 0 aliphatic carbocycles. The van der Waals surface area contributed by atoms with Crippen molar-refractivity contribution in [3.8, 4) is 0 Å². The standard InChI is InChI=1S/C17H30N2O2/c1-13(2)8-18-9-15-6-7-16(20-15)11-19-10-14(3)21-17(4,5)12-19/h6-7,13-14,18H,8-12H2,1-5H3. The molecule has 21 heavy (non-hydrogen) atoms. The Hall–Kier alpha value is -0.840. The minimum absolute atomic E-state index is 0.0775. The Kier molecular flexibility index (Phi) is 5.47. The second kappa shape index (κ2) is 6.95. The van der Waals surface area contributed by atoms with Crippen molar-refractivity contribution < 1.29 is 9.15 Å². The van der Waals surface area contributed by atoms with Crippen molar-refractivity contribution in [2.45, 2.75) is 59.4 Å². The molecule has 0 amide bonds. The molecule has 1 aliphatic heterocycles. The van der Waals surface area contributed by atoms with E-state index in [1.807, 2.05) is 0 Å². The van der Waals surface area contributed by atoms with Gasteiger partial charge in [0.1, 0.15) is 11.5 Å². The highest BCUT2D eigenvalue weighted by Crippen LogP contribution is 2.22. The van der Waals surface area contributed by atoms with E-state index in [9.17, 15) is 0 Å². The molecule has 0 radical (unpaired) electrons. The number of morpholine rings is 1. The van der Waals surface area contributed by atoms with Crippen molar-refractivity contribution in [2.75, 3.05) is 19.6 Å². The summed E-state index contributed by atoms with van der Waals surface area (Å²) in [6.45, 7) is 15.5. The first-order valence-electron chi connectivity index (χ1n) is 8.02. The van der Waals surface area contributed by atoms with Gasteiger partial charge in [-0.1, -0.05) is 13.8 Å². The minimum atomic E-state index is -0.0775. The Morgan fingerprint density at radius 2 is 2.05 bits per heavy atom. The third kappa shape index (κ3) is 5.46. The molecule has 1 fully saturated rings. The average molecular weight is 294 g/mol. The molecule has 1 aromatic heterocycles. The van der Waals surface area contributed by atoms with Crippen LogP contribution < -0.4 is 5.32 Å². The summed E-state index contributed by atoms with van der Waals surface area (Å²) < 4.78 is 11.9. The number of nitrogens with one attached hydrogen (secondary N) is 1. The van der Waals surface area contributed by atoms with Gasteiger partial charge in [0, 0.05) is 13.1 Å². The van der Waals surface area contributed by atoms with Crippen molar-refractivity contribution in [2.24, 2.45) is 5.92 Å². The molecule has 0 spiro atoms. The molecule has 120 valence electrons. The first kappa shape index (κ1) is 16.5. The van der Waals surface area contributed by atoms with E-state index in [1.165, 1.54) is 0 Å². The van der Waals surface area contributed by atoms with Gasteiger partial charge in [-0.25, -0.2) is 0 Å². The number of rotatable bonds is 6. The van der Waals surface area contributed by atoms with Gasteiger partial charge in [-0.05, 0) is 45.4 Å². The molecule has 2 heterocycles. The molecule has 0 aromatic carbocycles. The molecule has 1 saturated heterocycles. The zero-order chi connectivity index (χ0) is 15.5. The highest BCUT2D eigenvalue weighted by atomic mass is 16.5. The normalized spacial score (nSPS) is 22.9. The van der Waals surface area contributed by atoms with Crippen LogP contribution in [0, 0.1) is 5.92 Å². The van der Waals surface area contributed by atoms with Gasteiger partial charge in [0.25, 0.3) is 0 Å². The van der Waals surface area contributed by atoms with Crippen LogP contribution in [0.3, 0.4) is 0 Å². The second-order valence-electron chi connectivity index (χ2n) is 7.25. The number of nitrogens with zero attached hydrogens (tertiary/aromatic N) is 1. The van der Waals surface area contributed by atoms with Gasteiger partial charge in [0.2, 0.25) is 0 Å². The van der Waals surface area contributed by atoms with Crippen LogP contribution in [0.2, 0.25) is 0 Å². The first-order chi connectivity index (χ1) is 9.84. The van der Waals surface area contributed by atoms with Crippen LogP contribution in [-0.4, -0.2) is 36.2 Å². The number of ether oxygens (including phenoxy) is 1. The molecule has 1 aliphatic rings. The van der Waals surface area contributed by atoms with Crippen LogP contribution in [0.1, 0.15) is 46.1 Å². The first-order valence-corrected chi connectivity index (χ1v) is 8.02. The van der Waals surface area contributed by atoms with E-state index >= 15 is 0 Å². The monoisotopic (exact) mass is 294 g/mol. The molecule has 1 N–H and O–H groups in total. The summed E-state index contributed by atoms with van der Waals surface area (Å²) in [5.74, 6) is 2.73. The van der Waals surface area contributed by atoms with Crippen LogP contribution in [0.5, 0.6) is 0 Å². The van der Waals surface area contributed by atoms with Gasteiger partial charge in [0.05, 0.1) is 24.8 Å². The fraction of sp³-hybridized carbons (Fsp3) is 0.765. The average Bonchev–Trinajstić information content (AvgIpc) is 2.73. The molecule has 2 rings (SSSR count). The van der Waals surface area contributed by atoms with E-state index in [0.29, 0.717) is 5.92 Å². The van der Waals surface area contributed by atoms with Crippen molar-refractivity contribution in [3.05, 3.63) is 23.7 Å². The van der Waals surface area contributed by atoms with Crippen LogP contribution in [0.15, 0.2) is 16.5 Å². The number of furan rings is 1. The zero-order valence-corrected chi connectivity index (χ0v) is 14.1. The number of hydrogen-bond acceptors (Lipinski definition) is 4. The quantitative estimate of drug-likeness (QED) is 0.875. The molecular formula is C17H30N2O2. The fourth-order valence-corrected chi connectivity index (χ4v) is 3.01. The van der Waals surface area contributed by atoms with Gasteiger partial charge < -0.3 is 14.5 Å².